The number of benzene rings is 1. The van der Waals surface area contributed by atoms with Crippen LogP contribution in [0.4, 0.5) is 0 Å². The van der Waals surface area contributed by atoms with Crippen molar-refractivity contribution in [3.63, 3.8) is 0 Å². The lowest BCUT2D eigenvalue weighted by atomic mass is 10.1. The van der Waals surface area contributed by atoms with Crippen molar-refractivity contribution in [1.29, 1.82) is 0 Å². The molecule has 2 unspecified atom stereocenters. The van der Waals surface area contributed by atoms with Crippen molar-refractivity contribution in [3.05, 3.63) is 35.9 Å². The standard InChI is InChI=1S/C23H39N5O.HI/c1-4-24-23(25-16-20(2)27-14-12-26(3)13-15-27)28-11-10-22(17-28)19-29-18-21-8-6-5-7-9-21;/h5-9,20,22H,4,10-19H2,1-3H3,(H,24,25);1H. The first kappa shape index (κ1) is 25.4. The van der Waals surface area contributed by atoms with E-state index in [2.05, 4.69) is 65.2 Å². The average molecular weight is 530 g/mol. The first-order chi connectivity index (χ1) is 14.2. The smallest absolute Gasteiger partial charge is 0.193 e. The summed E-state index contributed by atoms with van der Waals surface area (Å²) in [5.74, 6) is 1.65. The van der Waals surface area contributed by atoms with E-state index in [4.69, 9.17) is 9.73 Å². The SMILES string of the molecule is CCNC(=NCC(C)N1CCN(C)CC1)N1CCC(COCc2ccccc2)C1.I. The molecule has 0 bridgehead atoms. The molecule has 7 heteroatoms. The van der Waals surface area contributed by atoms with Crippen LogP contribution in [-0.2, 0) is 11.3 Å². The molecule has 1 aromatic rings. The highest BCUT2D eigenvalue weighted by Crippen LogP contribution is 2.17. The molecule has 1 N–H and O–H groups in total. The van der Waals surface area contributed by atoms with Gasteiger partial charge < -0.3 is 19.9 Å². The fourth-order valence-corrected chi connectivity index (χ4v) is 4.10. The second-order valence-corrected chi connectivity index (χ2v) is 8.48. The summed E-state index contributed by atoms with van der Waals surface area (Å²) in [6.07, 6.45) is 1.17. The van der Waals surface area contributed by atoms with Crippen molar-refractivity contribution in [2.24, 2.45) is 10.9 Å². The number of rotatable bonds is 8. The molecule has 0 aliphatic carbocycles. The maximum absolute atomic E-state index is 5.98. The van der Waals surface area contributed by atoms with Gasteiger partial charge in [0.1, 0.15) is 0 Å². The Labute approximate surface area is 200 Å². The summed E-state index contributed by atoms with van der Waals surface area (Å²) >= 11 is 0. The minimum absolute atomic E-state index is 0. The zero-order valence-corrected chi connectivity index (χ0v) is 21.3. The summed E-state index contributed by atoms with van der Waals surface area (Å²) < 4.78 is 5.98. The van der Waals surface area contributed by atoms with Crippen molar-refractivity contribution < 1.29 is 4.74 Å². The van der Waals surface area contributed by atoms with E-state index in [1.54, 1.807) is 0 Å². The van der Waals surface area contributed by atoms with Gasteiger partial charge in [0.15, 0.2) is 5.96 Å². The van der Waals surface area contributed by atoms with Crippen molar-refractivity contribution in [1.82, 2.24) is 20.0 Å². The van der Waals surface area contributed by atoms with Gasteiger partial charge in [-0.2, -0.15) is 0 Å². The molecule has 2 aliphatic rings. The first-order valence-corrected chi connectivity index (χ1v) is 11.2. The van der Waals surface area contributed by atoms with Crippen LogP contribution in [0.2, 0.25) is 0 Å². The highest BCUT2D eigenvalue weighted by Gasteiger charge is 2.25. The molecule has 2 saturated heterocycles. The Morgan fingerprint density at radius 2 is 1.90 bits per heavy atom. The van der Waals surface area contributed by atoms with Gasteiger partial charge in [-0.25, -0.2) is 0 Å². The van der Waals surface area contributed by atoms with E-state index >= 15 is 0 Å². The molecular formula is C23H40IN5O. The molecule has 0 amide bonds. The highest BCUT2D eigenvalue weighted by molar-refractivity contribution is 14.0. The summed E-state index contributed by atoms with van der Waals surface area (Å²) in [6.45, 7) is 14.5. The number of nitrogens with one attached hydrogen (secondary N) is 1. The number of guanidine groups is 1. The molecule has 2 aliphatic heterocycles. The Morgan fingerprint density at radius 1 is 1.17 bits per heavy atom. The topological polar surface area (TPSA) is 43.3 Å². The van der Waals surface area contributed by atoms with E-state index in [0.717, 1.165) is 64.9 Å². The molecule has 0 saturated carbocycles. The number of likely N-dealkylation sites (tertiary alicyclic amines) is 1. The number of piperazine rings is 1. The molecule has 2 fully saturated rings. The first-order valence-electron chi connectivity index (χ1n) is 11.2. The van der Waals surface area contributed by atoms with Crippen molar-refractivity contribution in [2.45, 2.75) is 32.9 Å². The Kier molecular flexibility index (Phi) is 11.4. The largest absolute Gasteiger partial charge is 0.376 e. The van der Waals surface area contributed by atoms with Gasteiger partial charge in [-0.3, -0.25) is 9.89 Å². The Balaban J connectivity index is 0.00000320. The fraction of sp³-hybridized carbons (Fsp3) is 0.696. The van der Waals surface area contributed by atoms with Crippen LogP contribution in [0.5, 0.6) is 0 Å². The van der Waals surface area contributed by atoms with E-state index < -0.39 is 0 Å². The van der Waals surface area contributed by atoms with Crippen LogP contribution in [-0.4, -0.2) is 92.7 Å². The van der Waals surface area contributed by atoms with Crippen molar-refractivity contribution >= 4 is 29.9 Å². The summed E-state index contributed by atoms with van der Waals surface area (Å²) in [4.78, 5) is 12.4. The molecule has 6 nitrogen and oxygen atoms in total. The molecule has 0 aromatic heterocycles. The van der Waals surface area contributed by atoms with Crippen LogP contribution < -0.4 is 5.32 Å². The summed E-state index contributed by atoms with van der Waals surface area (Å²) in [7, 11) is 2.21. The molecule has 0 radical (unpaired) electrons. The third-order valence-electron chi connectivity index (χ3n) is 6.05. The molecule has 1 aromatic carbocycles. The van der Waals surface area contributed by atoms with E-state index in [9.17, 15) is 0 Å². The zero-order chi connectivity index (χ0) is 20.5. The Bertz CT molecular complexity index is 621. The third kappa shape index (κ3) is 7.98. The number of nitrogens with zero attached hydrogens (tertiary/aromatic N) is 4. The zero-order valence-electron chi connectivity index (χ0n) is 18.9. The second kappa shape index (κ2) is 13.5. The van der Waals surface area contributed by atoms with Crippen LogP contribution >= 0.6 is 24.0 Å². The van der Waals surface area contributed by atoms with Crippen molar-refractivity contribution in [3.8, 4) is 0 Å². The predicted molar refractivity (Wildman–Crippen MR) is 136 cm³/mol. The van der Waals surface area contributed by atoms with Gasteiger partial charge in [0, 0.05) is 57.8 Å². The van der Waals surface area contributed by atoms with Crippen LogP contribution in [0.3, 0.4) is 0 Å². The van der Waals surface area contributed by atoms with Gasteiger partial charge in [0.2, 0.25) is 0 Å². The molecule has 2 heterocycles. The number of ether oxygens (including phenoxy) is 1. The maximum Gasteiger partial charge on any atom is 0.193 e. The van der Waals surface area contributed by atoms with Gasteiger partial charge in [0.25, 0.3) is 0 Å². The molecular weight excluding hydrogens is 489 g/mol. The van der Waals surface area contributed by atoms with Gasteiger partial charge in [-0.05, 0) is 32.9 Å². The number of halogens is 1. The summed E-state index contributed by atoms with van der Waals surface area (Å²) in [5.41, 5.74) is 1.25. The van der Waals surface area contributed by atoms with E-state index in [1.165, 1.54) is 12.0 Å². The minimum Gasteiger partial charge on any atom is -0.376 e. The maximum atomic E-state index is 5.98. The second-order valence-electron chi connectivity index (χ2n) is 8.48. The van der Waals surface area contributed by atoms with Crippen LogP contribution in [0.25, 0.3) is 0 Å². The van der Waals surface area contributed by atoms with Crippen LogP contribution in [0.15, 0.2) is 35.3 Å². The van der Waals surface area contributed by atoms with Gasteiger partial charge >= 0.3 is 0 Å². The van der Waals surface area contributed by atoms with Gasteiger partial charge in [-0.1, -0.05) is 30.3 Å². The van der Waals surface area contributed by atoms with E-state index in [0.29, 0.717) is 18.6 Å². The average Bonchev–Trinajstić information content (AvgIpc) is 3.21. The van der Waals surface area contributed by atoms with Gasteiger partial charge in [0.05, 0.1) is 19.8 Å². The van der Waals surface area contributed by atoms with E-state index in [-0.39, 0.29) is 24.0 Å². The minimum atomic E-state index is 0. The molecule has 170 valence electrons. The summed E-state index contributed by atoms with van der Waals surface area (Å²) in [5, 5.41) is 3.50. The Morgan fingerprint density at radius 3 is 2.60 bits per heavy atom. The monoisotopic (exact) mass is 529 g/mol. The Hall–Kier alpha value is -0.900. The molecule has 0 spiro atoms. The van der Waals surface area contributed by atoms with Crippen molar-refractivity contribution in [2.75, 3.05) is 66.0 Å². The molecule has 30 heavy (non-hydrogen) atoms. The quantitative estimate of drug-likeness (QED) is 0.319. The lowest BCUT2D eigenvalue weighted by Gasteiger charge is -2.36. The third-order valence-corrected chi connectivity index (χ3v) is 6.05. The normalized spacial score (nSPS) is 22.0. The highest BCUT2D eigenvalue weighted by atomic mass is 127. The number of hydrogen-bond donors (Lipinski definition) is 1. The molecule has 2 atom stereocenters. The van der Waals surface area contributed by atoms with E-state index in [1.807, 2.05) is 6.07 Å². The molecule has 3 rings (SSSR count). The number of aliphatic imine (C=N–C) groups is 1. The number of likely N-dealkylation sites (N-methyl/N-ethyl adjacent to an activating group) is 1. The van der Waals surface area contributed by atoms with Crippen LogP contribution in [0.1, 0.15) is 25.8 Å². The lowest BCUT2D eigenvalue weighted by Crippen LogP contribution is -2.49. The van der Waals surface area contributed by atoms with Gasteiger partial charge in [-0.15, -0.1) is 24.0 Å². The number of hydrogen-bond acceptors (Lipinski definition) is 4. The fourth-order valence-electron chi connectivity index (χ4n) is 4.10. The summed E-state index contributed by atoms with van der Waals surface area (Å²) in [6, 6.07) is 10.9. The lowest BCUT2D eigenvalue weighted by molar-refractivity contribution is 0.0906. The van der Waals surface area contributed by atoms with Crippen LogP contribution in [0, 0.1) is 5.92 Å². The predicted octanol–water partition coefficient (Wildman–Crippen LogP) is 2.74.